The molecule has 2 aliphatic rings. The maximum atomic E-state index is 13.1. The Morgan fingerprint density at radius 2 is 1.85 bits per heavy atom. The fraction of sp³-hybridized carbons (Fsp3) is 0.600. The number of nitrogens with zero attached hydrogens (tertiary/aromatic N) is 1. The zero-order valence-electron chi connectivity index (χ0n) is 15.4. The zero-order chi connectivity index (χ0) is 18.9. The van der Waals surface area contributed by atoms with Gasteiger partial charge >= 0.3 is 5.97 Å². The van der Waals surface area contributed by atoms with Gasteiger partial charge in [-0.1, -0.05) is 12.1 Å². The molecular weight excluding hydrogens is 335 g/mol. The molecule has 142 valence electrons. The second kappa shape index (κ2) is 7.35. The highest BCUT2D eigenvalue weighted by Gasteiger charge is 2.40. The molecular formula is C20H27FN2O3. The first-order valence-electron chi connectivity index (χ1n) is 9.28. The van der Waals surface area contributed by atoms with Crippen LogP contribution in [0.5, 0.6) is 0 Å². The lowest BCUT2D eigenvalue weighted by atomic mass is 9.81. The number of rotatable bonds is 8. The van der Waals surface area contributed by atoms with Crippen LogP contribution in [-0.2, 0) is 15.0 Å². The minimum absolute atomic E-state index is 0.0720. The maximum absolute atomic E-state index is 13.1. The van der Waals surface area contributed by atoms with Crippen LogP contribution in [0, 0.1) is 11.7 Å². The molecule has 0 aliphatic heterocycles. The maximum Gasteiger partial charge on any atom is 0.317 e. The summed E-state index contributed by atoms with van der Waals surface area (Å²) in [6.07, 6.45) is 3.94. The number of hydrogen-bond acceptors (Lipinski definition) is 3. The number of carboxylic acid groups (broad SMARTS) is 1. The summed E-state index contributed by atoms with van der Waals surface area (Å²) in [7, 11) is 0. The van der Waals surface area contributed by atoms with Gasteiger partial charge < -0.3 is 10.4 Å². The van der Waals surface area contributed by atoms with Gasteiger partial charge in [0.1, 0.15) is 5.82 Å². The van der Waals surface area contributed by atoms with Crippen LogP contribution in [0.2, 0.25) is 0 Å². The van der Waals surface area contributed by atoms with Crippen molar-refractivity contribution in [2.24, 2.45) is 5.92 Å². The number of carboxylic acids is 1. The van der Waals surface area contributed by atoms with Crippen molar-refractivity contribution in [2.75, 3.05) is 13.1 Å². The Bertz CT molecular complexity index is 664. The minimum Gasteiger partial charge on any atom is -0.480 e. The summed E-state index contributed by atoms with van der Waals surface area (Å²) in [5.41, 5.74) is 0.0293. The Labute approximate surface area is 153 Å². The van der Waals surface area contributed by atoms with Crippen molar-refractivity contribution in [3.8, 4) is 0 Å². The molecule has 1 amide bonds. The number of carbonyl (C=O) groups excluding carboxylic acids is 1. The number of aliphatic carboxylic acids is 1. The Balaban J connectivity index is 1.52. The number of benzene rings is 1. The van der Waals surface area contributed by atoms with Crippen molar-refractivity contribution >= 4 is 11.9 Å². The fourth-order valence-electron chi connectivity index (χ4n) is 3.52. The van der Waals surface area contributed by atoms with E-state index in [-0.39, 0.29) is 30.4 Å². The van der Waals surface area contributed by atoms with E-state index < -0.39 is 11.4 Å². The summed E-state index contributed by atoms with van der Waals surface area (Å²) >= 11 is 0. The van der Waals surface area contributed by atoms with E-state index in [1.165, 1.54) is 25.0 Å². The van der Waals surface area contributed by atoms with Crippen LogP contribution in [0.25, 0.3) is 0 Å². The lowest BCUT2D eigenvalue weighted by molar-refractivity contribution is -0.140. The number of halogens is 1. The molecule has 2 N–H and O–H groups in total. The fourth-order valence-corrected chi connectivity index (χ4v) is 3.52. The quantitative estimate of drug-likeness (QED) is 0.746. The molecule has 0 aromatic heterocycles. The summed E-state index contributed by atoms with van der Waals surface area (Å²) in [6, 6.07) is 6.32. The largest absolute Gasteiger partial charge is 0.480 e. The summed E-state index contributed by atoms with van der Waals surface area (Å²) < 4.78 is 13.1. The predicted octanol–water partition coefficient (Wildman–Crippen LogP) is 2.55. The first kappa shape index (κ1) is 18.8. The first-order valence-corrected chi connectivity index (χ1v) is 9.28. The van der Waals surface area contributed by atoms with Gasteiger partial charge in [-0.15, -0.1) is 0 Å². The molecule has 6 heteroatoms. The van der Waals surface area contributed by atoms with Gasteiger partial charge in [-0.3, -0.25) is 14.5 Å². The molecule has 2 aliphatic carbocycles. The van der Waals surface area contributed by atoms with Gasteiger partial charge in [-0.05, 0) is 63.1 Å². The topological polar surface area (TPSA) is 69.6 Å². The van der Waals surface area contributed by atoms with E-state index in [0.717, 1.165) is 24.9 Å². The SMILES string of the molecule is CC(C)(C(=O)NC1CC(N(CC(=O)O)CC2CC2)C1)c1ccc(F)cc1. The van der Waals surface area contributed by atoms with Crippen LogP contribution in [0.1, 0.15) is 45.1 Å². The van der Waals surface area contributed by atoms with Gasteiger partial charge in [-0.25, -0.2) is 4.39 Å². The molecule has 0 bridgehead atoms. The Kier molecular flexibility index (Phi) is 5.32. The van der Waals surface area contributed by atoms with Crippen LogP contribution >= 0.6 is 0 Å². The third-order valence-electron chi connectivity index (χ3n) is 5.63. The van der Waals surface area contributed by atoms with Crippen molar-refractivity contribution in [3.05, 3.63) is 35.6 Å². The Morgan fingerprint density at radius 3 is 2.38 bits per heavy atom. The van der Waals surface area contributed by atoms with Crippen LogP contribution in [-0.4, -0.2) is 47.1 Å². The summed E-state index contributed by atoms with van der Waals surface area (Å²) in [6.45, 7) is 4.58. The van der Waals surface area contributed by atoms with Gasteiger partial charge in [0.05, 0.1) is 12.0 Å². The number of hydrogen-bond donors (Lipinski definition) is 2. The van der Waals surface area contributed by atoms with Gasteiger partial charge in [0.25, 0.3) is 0 Å². The Morgan fingerprint density at radius 1 is 1.23 bits per heavy atom. The second-order valence-electron chi connectivity index (χ2n) is 8.19. The van der Waals surface area contributed by atoms with E-state index in [4.69, 9.17) is 5.11 Å². The molecule has 2 saturated carbocycles. The molecule has 0 spiro atoms. The number of amides is 1. The summed E-state index contributed by atoms with van der Waals surface area (Å²) in [5.74, 6) is -0.559. The standard InChI is InChI=1S/C20H27FN2O3/c1-20(2,14-5-7-15(21)8-6-14)19(26)22-16-9-17(10-16)23(12-18(24)25)11-13-3-4-13/h5-8,13,16-17H,3-4,9-12H2,1-2H3,(H,22,26)(H,24,25). The summed E-state index contributed by atoms with van der Waals surface area (Å²) in [5, 5.41) is 12.2. The van der Waals surface area contributed by atoms with Crippen molar-refractivity contribution in [1.29, 1.82) is 0 Å². The average molecular weight is 362 g/mol. The van der Waals surface area contributed by atoms with Crippen molar-refractivity contribution < 1.29 is 19.1 Å². The molecule has 1 aromatic carbocycles. The van der Waals surface area contributed by atoms with Crippen molar-refractivity contribution in [3.63, 3.8) is 0 Å². The third-order valence-corrected chi connectivity index (χ3v) is 5.63. The molecule has 2 fully saturated rings. The van der Waals surface area contributed by atoms with Gasteiger partial charge in [0, 0.05) is 18.6 Å². The number of nitrogens with one attached hydrogen (secondary N) is 1. The van der Waals surface area contributed by atoms with Crippen molar-refractivity contribution in [1.82, 2.24) is 10.2 Å². The predicted molar refractivity (Wildman–Crippen MR) is 96.3 cm³/mol. The van der Waals surface area contributed by atoms with E-state index >= 15 is 0 Å². The van der Waals surface area contributed by atoms with Gasteiger partial charge in [-0.2, -0.15) is 0 Å². The van der Waals surface area contributed by atoms with Gasteiger partial charge in [0.15, 0.2) is 0 Å². The average Bonchev–Trinajstić information content (AvgIpc) is 3.33. The molecule has 0 saturated heterocycles. The molecule has 0 heterocycles. The molecule has 0 radical (unpaired) electrons. The van der Waals surface area contributed by atoms with E-state index in [1.807, 2.05) is 18.7 Å². The molecule has 0 unspecified atom stereocenters. The number of carbonyl (C=O) groups is 2. The molecule has 5 nitrogen and oxygen atoms in total. The van der Waals surface area contributed by atoms with E-state index in [1.54, 1.807) is 12.1 Å². The minimum atomic E-state index is -0.796. The van der Waals surface area contributed by atoms with Crippen LogP contribution in [0.4, 0.5) is 4.39 Å². The molecule has 0 atom stereocenters. The highest BCUT2D eigenvalue weighted by atomic mass is 19.1. The van der Waals surface area contributed by atoms with Crippen LogP contribution in [0.15, 0.2) is 24.3 Å². The zero-order valence-corrected chi connectivity index (χ0v) is 15.4. The summed E-state index contributed by atoms with van der Waals surface area (Å²) in [4.78, 5) is 25.8. The molecule has 26 heavy (non-hydrogen) atoms. The monoisotopic (exact) mass is 362 g/mol. The van der Waals surface area contributed by atoms with E-state index in [0.29, 0.717) is 5.92 Å². The van der Waals surface area contributed by atoms with Crippen molar-refractivity contribution in [2.45, 2.75) is 57.0 Å². The normalized spacial score (nSPS) is 22.8. The lowest BCUT2D eigenvalue weighted by Crippen LogP contribution is -2.57. The van der Waals surface area contributed by atoms with Crippen LogP contribution < -0.4 is 5.32 Å². The highest BCUT2D eigenvalue weighted by Crippen LogP contribution is 2.34. The molecule has 3 rings (SSSR count). The lowest BCUT2D eigenvalue weighted by Gasteiger charge is -2.43. The molecule has 1 aromatic rings. The second-order valence-corrected chi connectivity index (χ2v) is 8.19. The van der Waals surface area contributed by atoms with Gasteiger partial charge in [0.2, 0.25) is 5.91 Å². The Hall–Kier alpha value is -1.95. The van der Waals surface area contributed by atoms with Crippen LogP contribution in [0.3, 0.4) is 0 Å². The van der Waals surface area contributed by atoms with E-state index in [9.17, 15) is 14.0 Å². The first-order chi connectivity index (χ1) is 12.3. The highest BCUT2D eigenvalue weighted by molar-refractivity contribution is 5.87. The van der Waals surface area contributed by atoms with E-state index in [2.05, 4.69) is 5.32 Å². The third kappa shape index (κ3) is 4.41. The smallest absolute Gasteiger partial charge is 0.317 e.